The molecule has 3 heteroatoms. The van der Waals surface area contributed by atoms with Gasteiger partial charge in [-0.2, -0.15) is 0 Å². The van der Waals surface area contributed by atoms with Gasteiger partial charge < -0.3 is 10.1 Å². The zero-order valence-electron chi connectivity index (χ0n) is 10.8. The second-order valence-corrected chi connectivity index (χ2v) is 5.52. The molecule has 0 radical (unpaired) electrons. The number of benzene rings is 1. The van der Waals surface area contributed by atoms with E-state index in [1.54, 1.807) is 0 Å². The molecule has 2 nitrogen and oxygen atoms in total. The molecule has 1 aromatic rings. The summed E-state index contributed by atoms with van der Waals surface area (Å²) in [6.07, 6.45) is 5.31. The third-order valence-electron chi connectivity index (χ3n) is 3.11. The smallest absolute Gasteiger partial charge is 0.0876 e. The fourth-order valence-electron chi connectivity index (χ4n) is 2.23. The minimum Gasteiger partial charge on any atom is -0.501 e. The fourth-order valence-corrected chi connectivity index (χ4v) is 2.65. The average molecular weight is 310 g/mol. The van der Waals surface area contributed by atoms with Crippen molar-refractivity contribution in [1.29, 1.82) is 0 Å². The summed E-state index contributed by atoms with van der Waals surface area (Å²) in [4.78, 5) is 0. The number of ether oxygens (including phenoxy) is 1. The van der Waals surface area contributed by atoms with E-state index in [-0.39, 0.29) is 6.04 Å². The molecule has 0 fully saturated rings. The molecule has 0 amide bonds. The van der Waals surface area contributed by atoms with Gasteiger partial charge in [0, 0.05) is 4.47 Å². The molecular weight excluding hydrogens is 290 g/mol. The number of halogens is 1. The second kappa shape index (κ2) is 6.95. The topological polar surface area (TPSA) is 21.3 Å². The van der Waals surface area contributed by atoms with Crippen LogP contribution in [0.15, 0.2) is 40.6 Å². The summed E-state index contributed by atoms with van der Waals surface area (Å²) in [6, 6.07) is 8.79. The lowest BCUT2D eigenvalue weighted by Gasteiger charge is -2.25. The summed E-state index contributed by atoms with van der Waals surface area (Å²) in [5, 5.41) is 3.61. The summed E-state index contributed by atoms with van der Waals surface area (Å²) in [7, 11) is 0. The first-order chi connectivity index (χ1) is 8.81. The van der Waals surface area contributed by atoms with Gasteiger partial charge in [-0.15, -0.1) is 0 Å². The number of nitrogens with one attached hydrogen (secondary N) is 1. The standard InChI is InChI=1S/C15H20BrNO/c1-2-8-17-15(13-6-4-9-18-11-13)12-5-3-7-14(16)10-12/h3,5,7,10-11,15,17H,2,4,6,8-9H2,1H3. The highest BCUT2D eigenvalue weighted by Gasteiger charge is 2.18. The van der Waals surface area contributed by atoms with Crippen molar-refractivity contribution < 1.29 is 4.74 Å². The predicted molar refractivity (Wildman–Crippen MR) is 78.4 cm³/mol. The first-order valence-corrected chi connectivity index (χ1v) is 7.40. The van der Waals surface area contributed by atoms with E-state index >= 15 is 0 Å². The molecule has 0 saturated carbocycles. The third-order valence-corrected chi connectivity index (χ3v) is 3.61. The lowest BCUT2D eigenvalue weighted by Crippen LogP contribution is -2.25. The van der Waals surface area contributed by atoms with Crippen molar-refractivity contribution >= 4 is 15.9 Å². The molecule has 98 valence electrons. The molecule has 1 atom stereocenters. The third kappa shape index (κ3) is 3.59. The maximum absolute atomic E-state index is 5.48. The molecule has 1 heterocycles. The normalized spacial score (nSPS) is 16.9. The summed E-state index contributed by atoms with van der Waals surface area (Å²) < 4.78 is 6.61. The Morgan fingerprint density at radius 3 is 3.00 bits per heavy atom. The quantitative estimate of drug-likeness (QED) is 0.881. The predicted octanol–water partition coefficient (Wildman–Crippen LogP) is 4.18. The van der Waals surface area contributed by atoms with Crippen LogP contribution in [-0.2, 0) is 4.74 Å². The Kier molecular flexibility index (Phi) is 5.26. The van der Waals surface area contributed by atoms with E-state index in [1.807, 2.05) is 6.26 Å². The highest BCUT2D eigenvalue weighted by molar-refractivity contribution is 9.10. The van der Waals surface area contributed by atoms with Gasteiger partial charge in [0.1, 0.15) is 0 Å². The van der Waals surface area contributed by atoms with E-state index in [4.69, 9.17) is 4.74 Å². The monoisotopic (exact) mass is 309 g/mol. The minimum atomic E-state index is 0.280. The molecule has 1 aliphatic rings. The molecule has 0 spiro atoms. The van der Waals surface area contributed by atoms with E-state index in [0.29, 0.717) is 0 Å². The van der Waals surface area contributed by atoms with Gasteiger partial charge in [0.15, 0.2) is 0 Å². The largest absolute Gasteiger partial charge is 0.501 e. The van der Waals surface area contributed by atoms with Crippen LogP contribution in [0.3, 0.4) is 0 Å². The Balaban J connectivity index is 2.21. The van der Waals surface area contributed by atoms with Crippen LogP contribution in [-0.4, -0.2) is 13.2 Å². The highest BCUT2D eigenvalue weighted by Crippen LogP contribution is 2.29. The summed E-state index contributed by atoms with van der Waals surface area (Å²) in [5.74, 6) is 0. The van der Waals surface area contributed by atoms with Crippen molar-refractivity contribution in [2.24, 2.45) is 0 Å². The number of hydrogen-bond acceptors (Lipinski definition) is 2. The molecular formula is C15H20BrNO. The summed E-state index contributed by atoms with van der Waals surface area (Å²) in [6.45, 7) is 4.06. The molecule has 1 aromatic carbocycles. The first-order valence-electron chi connectivity index (χ1n) is 6.60. The van der Waals surface area contributed by atoms with Crippen molar-refractivity contribution in [2.45, 2.75) is 32.2 Å². The van der Waals surface area contributed by atoms with Gasteiger partial charge in [-0.05, 0) is 49.1 Å². The fraction of sp³-hybridized carbons (Fsp3) is 0.467. The van der Waals surface area contributed by atoms with Crippen molar-refractivity contribution in [2.75, 3.05) is 13.2 Å². The Hall–Kier alpha value is -0.800. The molecule has 1 unspecified atom stereocenters. The molecule has 1 N–H and O–H groups in total. The van der Waals surface area contributed by atoms with Gasteiger partial charge in [0.25, 0.3) is 0 Å². The van der Waals surface area contributed by atoms with Crippen LogP contribution in [0.2, 0.25) is 0 Å². The molecule has 0 aromatic heterocycles. The average Bonchev–Trinajstić information content (AvgIpc) is 2.40. The maximum atomic E-state index is 5.48. The van der Waals surface area contributed by atoms with E-state index in [1.165, 1.54) is 11.1 Å². The van der Waals surface area contributed by atoms with Gasteiger partial charge in [0.05, 0.1) is 18.9 Å². The summed E-state index contributed by atoms with van der Waals surface area (Å²) in [5.41, 5.74) is 2.65. The SMILES string of the molecule is CCCNC(C1=COCCC1)c1cccc(Br)c1. The molecule has 2 rings (SSSR count). The van der Waals surface area contributed by atoms with E-state index in [0.717, 1.165) is 36.9 Å². The van der Waals surface area contributed by atoms with Crippen molar-refractivity contribution in [3.8, 4) is 0 Å². The summed E-state index contributed by atoms with van der Waals surface area (Å²) >= 11 is 3.54. The first kappa shape index (κ1) is 13.6. The van der Waals surface area contributed by atoms with Crippen molar-refractivity contribution in [1.82, 2.24) is 5.32 Å². The van der Waals surface area contributed by atoms with Crippen LogP contribution in [0.25, 0.3) is 0 Å². The van der Waals surface area contributed by atoms with Crippen LogP contribution >= 0.6 is 15.9 Å². The minimum absolute atomic E-state index is 0.280. The van der Waals surface area contributed by atoms with E-state index in [2.05, 4.69) is 52.4 Å². The van der Waals surface area contributed by atoms with Crippen LogP contribution in [0.4, 0.5) is 0 Å². The van der Waals surface area contributed by atoms with E-state index < -0.39 is 0 Å². The van der Waals surface area contributed by atoms with Crippen LogP contribution in [0.1, 0.15) is 37.8 Å². The second-order valence-electron chi connectivity index (χ2n) is 4.61. The van der Waals surface area contributed by atoms with Gasteiger partial charge in [-0.1, -0.05) is 35.0 Å². The molecule has 1 aliphatic heterocycles. The zero-order valence-corrected chi connectivity index (χ0v) is 12.4. The Morgan fingerprint density at radius 1 is 1.44 bits per heavy atom. The Bertz CT molecular complexity index is 417. The number of hydrogen-bond donors (Lipinski definition) is 1. The van der Waals surface area contributed by atoms with Gasteiger partial charge in [0.2, 0.25) is 0 Å². The molecule has 0 aliphatic carbocycles. The van der Waals surface area contributed by atoms with Crippen LogP contribution < -0.4 is 5.32 Å². The molecule has 0 saturated heterocycles. The molecule has 0 bridgehead atoms. The maximum Gasteiger partial charge on any atom is 0.0876 e. The molecule has 18 heavy (non-hydrogen) atoms. The van der Waals surface area contributed by atoms with Gasteiger partial charge >= 0.3 is 0 Å². The van der Waals surface area contributed by atoms with Crippen LogP contribution in [0.5, 0.6) is 0 Å². The Morgan fingerprint density at radius 2 is 2.33 bits per heavy atom. The lowest BCUT2D eigenvalue weighted by atomic mass is 9.95. The van der Waals surface area contributed by atoms with Crippen molar-refractivity contribution in [3.05, 3.63) is 46.1 Å². The highest BCUT2D eigenvalue weighted by atomic mass is 79.9. The number of rotatable bonds is 5. The van der Waals surface area contributed by atoms with Crippen molar-refractivity contribution in [3.63, 3.8) is 0 Å². The van der Waals surface area contributed by atoms with Gasteiger partial charge in [-0.25, -0.2) is 0 Å². The van der Waals surface area contributed by atoms with E-state index in [9.17, 15) is 0 Å². The lowest BCUT2D eigenvalue weighted by molar-refractivity contribution is 0.219. The van der Waals surface area contributed by atoms with Gasteiger partial charge in [-0.3, -0.25) is 0 Å². The Labute approximate surface area is 118 Å². The van der Waals surface area contributed by atoms with Crippen LogP contribution in [0, 0.1) is 0 Å². The zero-order chi connectivity index (χ0) is 12.8.